The van der Waals surface area contributed by atoms with E-state index in [0.29, 0.717) is 27.7 Å². The third kappa shape index (κ3) is 4.47. The second kappa shape index (κ2) is 7.15. The number of nitrogens with one attached hydrogen (secondary N) is 1. The van der Waals surface area contributed by atoms with Crippen LogP contribution in [0.1, 0.15) is 26.7 Å². The Morgan fingerprint density at radius 3 is 2.60 bits per heavy atom. The number of likely N-dealkylation sites (N-methyl/N-ethyl adjacent to an activating group) is 1. The molecule has 25 heavy (non-hydrogen) atoms. The van der Waals surface area contributed by atoms with Gasteiger partial charge in [-0.1, -0.05) is 32.4 Å². The molecule has 2 heterocycles. The van der Waals surface area contributed by atoms with Crippen molar-refractivity contribution in [1.29, 1.82) is 0 Å². The lowest BCUT2D eigenvalue weighted by molar-refractivity contribution is 0.232. The number of carbonyl (C=O) groups excluding carboxylic acids is 1. The van der Waals surface area contributed by atoms with Crippen LogP contribution in [0.2, 0.25) is 5.02 Å². The Bertz CT molecular complexity index is 779. The van der Waals surface area contributed by atoms with Gasteiger partial charge in [-0.15, -0.1) is 0 Å². The first-order valence-corrected chi connectivity index (χ1v) is 9.40. The first kappa shape index (κ1) is 18.5. The standard InChI is InChI=1S/C17H23ClN4O2S/c1-17(2,3)15-19-13-9-11(18)12(10-14(13)24-15)20-16(23)25-22-7-5-21(4)6-8-22/h9-10H,5-8H2,1-4H3,(H,20,23). The van der Waals surface area contributed by atoms with Gasteiger partial charge in [0.15, 0.2) is 5.58 Å². The van der Waals surface area contributed by atoms with E-state index in [1.807, 2.05) is 20.8 Å². The Hall–Kier alpha value is -1.28. The summed E-state index contributed by atoms with van der Waals surface area (Å²) in [5.74, 6) is 0.647. The van der Waals surface area contributed by atoms with Gasteiger partial charge in [-0.2, -0.15) is 0 Å². The number of oxazole rings is 1. The van der Waals surface area contributed by atoms with Crippen molar-refractivity contribution in [2.24, 2.45) is 0 Å². The number of carbonyl (C=O) groups is 1. The molecule has 8 heteroatoms. The summed E-state index contributed by atoms with van der Waals surface area (Å²) < 4.78 is 7.89. The smallest absolute Gasteiger partial charge is 0.298 e. The van der Waals surface area contributed by atoms with E-state index < -0.39 is 0 Å². The highest BCUT2D eigenvalue weighted by molar-refractivity contribution is 8.11. The fourth-order valence-corrected chi connectivity index (χ4v) is 3.44. The van der Waals surface area contributed by atoms with Gasteiger partial charge < -0.3 is 14.6 Å². The van der Waals surface area contributed by atoms with E-state index >= 15 is 0 Å². The van der Waals surface area contributed by atoms with E-state index in [2.05, 4.69) is 26.6 Å². The second-order valence-electron chi connectivity index (χ2n) is 7.30. The van der Waals surface area contributed by atoms with Gasteiger partial charge in [0, 0.05) is 49.6 Å². The van der Waals surface area contributed by atoms with Gasteiger partial charge in [0.25, 0.3) is 5.24 Å². The molecule has 0 radical (unpaired) electrons. The minimum absolute atomic E-state index is 0.152. The number of nitrogens with zero attached hydrogens (tertiary/aromatic N) is 3. The summed E-state index contributed by atoms with van der Waals surface area (Å²) in [6, 6.07) is 3.47. The summed E-state index contributed by atoms with van der Waals surface area (Å²) in [6.07, 6.45) is 0. The topological polar surface area (TPSA) is 61.6 Å². The van der Waals surface area contributed by atoms with Crippen LogP contribution in [0.4, 0.5) is 10.5 Å². The number of rotatable bonds is 2. The summed E-state index contributed by atoms with van der Waals surface area (Å²) in [6.45, 7) is 9.75. The number of amides is 1. The summed E-state index contributed by atoms with van der Waals surface area (Å²) in [5.41, 5.74) is 1.66. The fourth-order valence-electron chi connectivity index (χ4n) is 2.49. The highest BCUT2D eigenvalue weighted by Crippen LogP contribution is 2.32. The quantitative estimate of drug-likeness (QED) is 0.785. The largest absolute Gasteiger partial charge is 0.440 e. The number of benzene rings is 1. The van der Waals surface area contributed by atoms with Crippen molar-refractivity contribution >= 4 is 45.6 Å². The molecule has 1 aromatic heterocycles. The van der Waals surface area contributed by atoms with E-state index in [-0.39, 0.29) is 10.7 Å². The molecule has 2 aromatic rings. The number of piperazine rings is 1. The van der Waals surface area contributed by atoms with Gasteiger partial charge in [-0.25, -0.2) is 9.29 Å². The Balaban J connectivity index is 1.72. The zero-order valence-electron chi connectivity index (χ0n) is 14.9. The number of halogens is 1. The number of anilines is 1. The molecule has 0 aliphatic carbocycles. The SMILES string of the molecule is CN1CCN(SC(=O)Nc2cc3oc(C(C)(C)C)nc3cc2Cl)CC1. The average molecular weight is 383 g/mol. The molecule has 0 atom stereocenters. The van der Waals surface area contributed by atoms with Crippen LogP contribution in [-0.2, 0) is 5.41 Å². The maximum absolute atomic E-state index is 12.3. The van der Waals surface area contributed by atoms with Crippen LogP contribution >= 0.6 is 23.5 Å². The first-order valence-electron chi connectivity index (χ1n) is 8.25. The lowest BCUT2D eigenvalue weighted by Crippen LogP contribution is -2.41. The van der Waals surface area contributed by atoms with Crippen LogP contribution in [0, 0.1) is 0 Å². The number of fused-ring (bicyclic) bond motifs is 1. The molecule has 1 aliphatic rings. The van der Waals surface area contributed by atoms with E-state index in [4.69, 9.17) is 16.0 Å². The van der Waals surface area contributed by atoms with Crippen LogP contribution in [-0.4, -0.2) is 52.7 Å². The van der Waals surface area contributed by atoms with Crippen LogP contribution < -0.4 is 5.32 Å². The summed E-state index contributed by atoms with van der Waals surface area (Å²) in [7, 11) is 2.08. The predicted molar refractivity (Wildman–Crippen MR) is 103 cm³/mol. The Kier molecular flexibility index (Phi) is 5.29. The predicted octanol–water partition coefficient (Wildman–Crippen LogP) is 4.21. The second-order valence-corrected chi connectivity index (χ2v) is 8.78. The number of hydrogen-bond acceptors (Lipinski definition) is 6. The molecule has 1 aliphatic heterocycles. The van der Waals surface area contributed by atoms with Gasteiger partial charge in [0.05, 0.1) is 10.7 Å². The highest BCUT2D eigenvalue weighted by Gasteiger charge is 2.22. The van der Waals surface area contributed by atoms with Crippen molar-refractivity contribution in [2.75, 3.05) is 38.5 Å². The molecular weight excluding hydrogens is 360 g/mol. The number of aromatic nitrogens is 1. The summed E-state index contributed by atoms with van der Waals surface area (Å²) in [4.78, 5) is 19.0. The minimum Gasteiger partial charge on any atom is -0.440 e. The van der Waals surface area contributed by atoms with Crippen LogP contribution in [0.15, 0.2) is 16.5 Å². The maximum Gasteiger partial charge on any atom is 0.298 e. The number of hydrogen-bond donors (Lipinski definition) is 1. The normalized spacial score (nSPS) is 17.2. The Morgan fingerprint density at radius 2 is 1.96 bits per heavy atom. The van der Waals surface area contributed by atoms with E-state index in [1.165, 1.54) is 11.9 Å². The molecule has 1 aromatic carbocycles. The summed E-state index contributed by atoms with van der Waals surface area (Å²) in [5, 5.41) is 3.16. The van der Waals surface area contributed by atoms with Crippen molar-refractivity contribution in [3.63, 3.8) is 0 Å². The summed E-state index contributed by atoms with van der Waals surface area (Å²) >= 11 is 7.50. The molecular formula is C17H23ClN4O2S. The molecule has 0 bridgehead atoms. The zero-order chi connectivity index (χ0) is 18.2. The average Bonchev–Trinajstić information content (AvgIpc) is 2.93. The molecule has 1 N–H and O–H groups in total. The molecule has 0 spiro atoms. The van der Waals surface area contributed by atoms with Gasteiger partial charge in [0.1, 0.15) is 5.52 Å². The molecule has 0 saturated carbocycles. The first-order chi connectivity index (χ1) is 11.7. The molecule has 3 rings (SSSR count). The Morgan fingerprint density at radius 1 is 1.28 bits per heavy atom. The maximum atomic E-state index is 12.3. The molecule has 1 amide bonds. The van der Waals surface area contributed by atoms with E-state index in [1.54, 1.807) is 12.1 Å². The van der Waals surface area contributed by atoms with Crippen molar-refractivity contribution in [3.05, 3.63) is 23.0 Å². The van der Waals surface area contributed by atoms with Crippen LogP contribution in [0.25, 0.3) is 11.1 Å². The zero-order valence-corrected chi connectivity index (χ0v) is 16.5. The van der Waals surface area contributed by atoms with Crippen molar-refractivity contribution in [3.8, 4) is 0 Å². The van der Waals surface area contributed by atoms with Crippen LogP contribution in [0.5, 0.6) is 0 Å². The van der Waals surface area contributed by atoms with Gasteiger partial charge in [0.2, 0.25) is 5.89 Å². The van der Waals surface area contributed by atoms with Gasteiger partial charge >= 0.3 is 0 Å². The molecule has 1 saturated heterocycles. The highest BCUT2D eigenvalue weighted by atomic mass is 35.5. The minimum atomic E-state index is -0.188. The lowest BCUT2D eigenvalue weighted by Gasteiger charge is -2.30. The third-order valence-electron chi connectivity index (χ3n) is 4.03. The molecule has 0 unspecified atom stereocenters. The fraction of sp³-hybridized carbons (Fsp3) is 0.529. The van der Waals surface area contributed by atoms with E-state index in [9.17, 15) is 4.79 Å². The van der Waals surface area contributed by atoms with Crippen molar-refractivity contribution in [2.45, 2.75) is 26.2 Å². The van der Waals surface area contributed by atoms with E-state index in [0.717, 1.165) is 26.2 Å². The monoisotopic (exact) mass is 382 g/mol. The third-order valence-corrected chi connectivity index (χ3v) is 5.23. The lowest BCUT2D eigenvalue weighted by atomic mass is 9.97. The van der Waals surface area contributed by atoms with Gasteiger partial charge in [-0.3, -0.25) is 4.79 Å². The molecule has 6 nitrogen and oxygen atoms in total. The Labute approximate surface area is 157 Å². The van der Waals surface area contributed by atoms with Crippen LogP contribution in [0.3, 0.4) is 0 Å². The molecule has 136 valence electrons. The molecule has 1 fully saturated rings. The van der Waals surface area contributed by atoms with Crippen molar-refractivity contribution < 1.29 is 9.21 Å². The van der Waals surface area contributed by atoms with Crippen molar-refractivity contribution in [1.82, 2.24) is 14.2 Å². The van der Waals surface area contributed by atoms with Gasteiger partial charge in [-0.05, 0) is 13.1 Å².